The molecular weight excluding hydrogens is 360 g/mol. The van der Waals surface area contributed by atoms with Gasteiger partial charge < -0.3 is 9.47 Å². The maximum absolute atomic E-state index is 12.0. The molecule has 0 N–H and O–H groups in total. The summed E-state index contributed by atoms with van der Waals surface area (Å²) in [6, 6.07) is 0. The first kappa shape index (κ1) is 18.8. The van der Waals surface area contributed by atoms with E-state index in [9.17, 15) is 4.79 Å². The summed E-state index contributed by atoms with van der Waals surface area (Å²) in [4.78, 5) is 12.0. The minimum absolute atomic E-state index is 0.0831. The fourth-order valence-electron chi connectivity index (χ4n) is 9.00. The highest BCUT2D eigenvalue weighted by molar-refractivity contribution is 5.91. The Morgan fingerprint density at radius 3 is 2.83 bits per heavy atom. The molecule has 0 bridgehead atoms. The van der Waals surface area contributed by atoms with Crippen LogP contribution in [-0.4, -0.2) is 23.8 Å². The van der Waals surface area contributed by atoms with E-state index in [-0.39, 0.29) is 18.0 Å². The first-order valence-electron chi connectivity index (χ1n) is 12.2. The molecule has 8 unspecified atom stereocenters. The Bertz CT molecular complexity index is 781. The lowest BCUT2D eigenvalue weighted by molar-refractivity contribution is -0.225. The van der Waals surface area contributed by atoms with E-state index in [0.717, 1.165) is 42.9 Å². The molecule has 5 aliphatic carbocycles. The lowest BCUT2D eigenvalue weighted by atomic mass is 9.48. The van der Waals surface area contributed by atoms with Gasteiger partial charge in [0.25, 0.3) is 0 Å². The summed E-state index contributed by atoms with van der Waals surface area (Å²) < 4.78 is 12.9. The number of fused-ring (bicyclic) bond motifs is 9. The molecule has 0 amide bonds. The molecular formula is C26H36O3. The van der Waals surface area contributed by atoms with Crippen molar-refractivity contribution in [2.45, 2.75) is 90.1 Å². The summed E-state index contributed by atoms with van der Waals surface area (Å²) in [6.45, 7) is 6.62. The molecule has 9 atom stereocenters. The van der Waals surface area contributed by atoms with Gasteiger partial charge in [0, 0.05) is 11.8 Å². The van der Waals surface area contributed by atoms with Crippen molar-refractivity contribution in [3.05, 3.63) is 23.8 Å². The van der Waals surface area contributed by atoms with Gasteiger partial charge in [0.05, 0.1) is 11.7 Å². The Balaban J connectivity index is 1.33. The van der Waals surface area contributed by atoms with Crippen LogP contribution in [0.15, 0.2) is 23.8 Å². The van der Waals surface area contributed by atoms with Gasteiger partial charge in [-0.05, 0) is 106 Å². The van der Waals surface area contributed by atoms with Crippen molar-refractivity contribution in [3.63, 3.8) is 0 Å². The molecule has 0 saturated heterocycles. The number of ketones is 1. The first-order valence-corrected chi connectivity index (χ1v) is 12.2. The average molecular weight is 397 g/mol. The number of carbonyl (C=O) groups excluding carboxylic acids is 1. The van der Waals surface area contributed by atoms with Gasteiger partial charge in [-0.25, -0.2) is 0 Å². The van der Waals surface area contributed by atoms with E-state index >= 15 is 0 Å². The van der Waals surface area contributed by atoms with Crippen LogP contribution in [0.3, 0.4) is 0 Å². The van der Waals surface area contributed by atoms with Crippen LogP contribution in [0, 0.1) is 40.9 Å². The minimum Gasteiger partial charge on any atom is -0.346 e. The molecule has 29 heavy (non-hydrogen) atoms. The molecule has 3 heteroatoms. The van der Waals surface area contributed by atoms with E-state index in [1.165, 1.54) is 37.7 Å². The second kappa shape index (κ2) is 6.29. The molecule has 6 rings (SSSR count). The fourth-order valence-corrected chi connectivity index (χ4v) is 9.00. The Morgan fingerprint density at radius 2 is 2.03 bits per heavy atom. The van der Waals surface area contributed by atoms with E-state index in [4.69, 9.17) is 9.47 Å². The lowest BCUT2D eigenvalue weighted by Gasteiger charge is -2.58. The van der Waals surface area contributed by atoms with Gasteiger partial charge in [-0.3, -0.25) is 4.79 Å². The third-order valence-electron chi connectivity index (χ3n) is 9.86. The van der Waals surface area contributed by atoms with Gasteiger partial charge in [0.15, 0.2) is 12.1 Å². The summed E-state index contributed by atoms with van der Waals surface area (Å²) in [7, 11) is 0. The summed E-state index contributed by atoms with van der Waals surface area (Å²) in [5, 5.41) is 0. The quantitative estimate of drug-likeness (QED) is 0.595. The van der Waals surface area contributed by atoms with Crippen molar-refractivity contribution in [1.82, 2.24) is 0 Å². The van der Waals surface area contributed by atoms with Crippen molar-refractivity contribution in [1.29, 1.82) is 0 Å². The second-order valence-electron chi connectivity index (χ2n) is 11.1. The average Bonchev–Trinajstić information content (AvgIpc) is 3.33. The number of allylic oxidation sites excluding steroid dienone is 1. The first-order chi connectivity index (χ1) is 14.0. The van der Waals surface area contributed by atoms with Crippen molar-refractivity contribution in [2.75, 3.05) is 0 Å². The van der Waals surface area contributed by atoms with Crippen LogP contribution in [0.1, 0.15) is 72.1 Å². The zero-order chi connectivity index (χ0) is 20.0. The number of ether oxygens (including phenoxy) is 2. The number of hydrogen-bond acceptors (Lipinski definition) is 3. The smallest absolute Gasteiger partial charge is 0.178 e. The Morgan fingerprint density at radius 1 is 1.17 bits per heavy atom. The molecule has 6 aliphatic rings. The van der Waals surface area contributed by atoms with E-state index < -0.39 is 0 Å². The van der Waals surface area contributed by atoms with E-state index in [1.807, 2.05) is 6.08 Å². The maximum Gasteiger partial charge on any atom is 0.178 e. The third-order valence-corrected chi connectivity index (χ3v) is 9.86. The molecule has 0 aromatic heterocycles. The van der Waals surface area contributed by atoms with Crippen LogP contribution in [-0.2, 0) is 14.3 Å². The number of carbonyl (C=O) groups is 1. The van der Waals surface area contributed by atoms with Crippen LogP contribution in [0.4, 0.5) is 0 Å². The Labute approximate surface area is 175 Å². The molecule has 1 spiro atoms. The molecule has 4 saturated carbocycles. The van der Waals surface area contributed by atoms with Gasteiger partial charge in [-0.15, -0.1) is 0 Å². The van der Waals surface area contributed by atoms with E-state index in [2.05, 4.69) is 32.9 Å². The summed E-state index contributed by atoms with van der Waals surface area (Å²) in [6.07, 6.45) is 16.2. The van der Waals surface area contributed by atoms with Crippen molar-refractivity contribution >= 4 is 5.78 Å². The molecule has 3 nitrogen and oxygen atoms in total. The standard InChI is InChI=1S/C26H36O3/c1-4-25-11-9-19-18-8-6-17(27)13-16(18)5-7-20(19)24(25)21-14-22(21)26(25)12-10-23(29-26)28-15(2)3/h10,12-13,15,18-24H,4-9,11,14H2,1-3H3/t18?,19?,20?,21?,22?,23?,24?,25?,26-/m0/s1. The van der Waals surface area contributed by atoms with E-state index in [1.54, 1.807) is 0 Å². The van der Waals surface area contributed by atoms with Crippen molar-refractivity contribution in [3.8, 4) is 0 Å². The zero-order valence-electron chi connectivity index (χ0n) is 18.2. The van der Waals surface area contributed by atoms with Gasteiger partial charge >= 0.3 is 0 Å². The maximum atomic E-state index is 12.0. The third kappa shape index (κ3) is 2.41. The van der Waals surface area contributed by atoms with Crippen LogP contribution in [0.5, 0.6) is 0 Å². The molecule has 4 fully saturated rings. The zero-order valence-corrected chi connectivity index (χ0v) is 18.2. The largest absolute Gasteiger partial charge is 0.346 e. The Hall–Kier alpha value is -0.930. The normalized spacial score (nSPS) is 52.2. The molecule has 0 aromatic carbocycles. The number of rotatable bonds is 3. The van der Waals surface area contributed by atoms with Crippen LogP contribution in [0.2, 0.25) is 0 Å². The minimum atomic E-state index is -0.165. The molecule has 0 radical (unpaired) electrons. The topological polar surface area (TPSA) is 35.5 Å². The molecule has 1 heterocycles. The SMILES string of the molecule is CCC12CCC3C4CCC(=O)C=C4CCC3C1C1CC1[C@@]21C=CC(OC(C)C)O1. The molecule has 0 aromatic rings. The highest BCUT2D eigenvalue weighted by atomic mass is 16.7. The summed E-state index contributed by atoms with van der Waals surface area (Å²) in [5.74, 6) is 5.04. The summed E-state index contributed by atoms with van der Waals surface area (Å²) >= 11 is 0. The van der Waals surface area contributed by atoms with Crippen LogP contribution < -0.4 is 0 Å². The fraction of sp³-hybridized carbons (Fsp3) is 0.808. The van der Waals surface area contributed by atoms with Crippen LogP contribution in [0.25, 0.3) is 0 Å². The van der Waals surface area contributed by atoms with Gasteiger partial charge in [-0.2, -0.15) is 0 Å². The highest BCUT2D eigenvalue weighted by Gasteiger charge is 2.78. The monoisotopic (exact) mass is 396 g/mol. The van der Waals surface area contributed by atoms with Gasteiger partial charge in [-0.1, -0.05) is 18.6 Å². The van der Waals surface area contributed by atoms with Crippen molar-refractivity contribution in [2.24, 2.45) is 40.9 Å². The predicted molar refractivity (Wildman–Crippen MR) is 112 cm³/mol. The predicted octanol–water partition coefficient (Wildman–Crippen LogP) is 5.45. The van der Waals surface area contributed by atoms with Gasteiger partial charge in [0.1, 0.15) is 0 Å². The van der Waals surface area contributed by atoms with Gasteiger partial charge in [0.2, 0.25) is 0 Å². The van der Waals surface area contributed by atoms with E-state index in [0.29, 0.717) is 23.0 Å². The Kier molecular flexibility index (Phi) is 4.08. The van der Waals surface area contributed by atoms with Crippen molar-refractivity contribution < 1.29 is 14.3 Å². The van der Waals surface area contributed by atoms with Crippen LogP contribution >= 0.6 is 0 Å². The second-order valence-corrected chi connectivity index (χ2v) is 11.1. The highest BCUT2D eigenvalue weighted by Crippen LogP contribution is 2.78. The molecule has 1 aliphatic heterocycles. The lowest BCUT2D eigenvalue weighted by Crippen LogP contribution is -2.56. The summed E-state index contributed by atoms with van der Waals surface area (Å²) in [5.41, 5.74) is 1.70. The molecule has 158 valence electrons. The number of hydrogen-bond donors (Lipinski definition) is 0.